The second-order valence-corrected chi connectivity index (χ2v) is 7.07. The Kier molecular flexibility index (Phi) is 2.69. The van der Waals surface area contributed by atoms with Crippen molar-refractivity contribution >= 4 is 0 Å². The minimum atomic E-state index is 0.465. The Morgan fingerprint density at radius 3 is 2.84 bits per heavy atom. The summed E-state index contributed by atoms with van der Waals surface area (Å²) < 4.78 is 1.96. The molecule has 104 valence electrons. The molecule has 4 nitrogen and oxygen atoms in total. The van der Waals surface area contributed by atoms with Crippen molar-refractivity contribution in [1.82, 2.24) is 20.1 Å². The molecular weight excluding hydrogens is 236 g/mol. The van der Waals surface area contributed by atoms with E-state index in [0.717, 1.165) is 24.3 Å². The van der Waals surface area contributed by atoms with Crippen molar-refractivity contribution in [1.29, 1.82) is 0 Å². The summed E-state index contributed by atoms with van der Waals surface area (Å²) in [7, 11) is 2.03. The van der Waals surface area contributed by atoms with Gasteiger partial charge >= 0.3 is 0 Å². The van der Waals surface area contributed by atoms with Crippen molar-refractivity contribution in [3.8, 4) is 0 Å². The number of hydrogen-bond donors (Lipinski definition) is 1. The van der Waals surface area contributed by atoms with Crippen LogP contribution in [0.2, 0.25) is 0 Å². The number of fused-ring (bicyclic) bond motifs is 2. The Hall–Kier alpha value is -0.900. The molecule has 0 amide bonds. The molecule has 3 atom stereocenters. The van der Waals surface area contributed by atoms with Crippen LogP contribution in [0.1, 0.15) is 44.3 Å². The summed E-state index contributed by atoms with van der Waals surface area (Å²) in [6, 6.07) is 0.815. The lowest BCUT2D eigenvalue weighted by Crippen LogP contribution is -2.41. The molecule has 1 N–H and O–H groups in total. The highest BCUT2D eigenvalue weighted by Crippen LogP contribution is 2.57. The normalized spacial score (nSPS) is 37.1. The fraction of sp³-hybridized carbons (Fsp3) is 0.867. The van der Waals surface area contributed by atoms with Gasteiger partial charge in [-0.05, 0) is 49.4 Å². The summed E-state index contributed by atoms with van der Waals surface area (Å²) in [5.41, 5.74) is 0.465. The van der Waals surface area contributed by atoms with Crippen LogP contribution in [0.15, 0.2) is 6.33 Å². The third-order valence-electron chi connectivity index (χ3n) is 5.74. The first-order valence-corrected chi connectivity index (χ1v) is 7.81. The Bertz CT molecular complexity index is 464. The van der Waals surface area contributed by atoms with E-state index in [1.807, 2.05) is 11.7 Å². The molecule has 3 saturated carbocycles. The molecule has 0 saturated heterocycles. The minimum absolute atomic E-state index is 0.465. The monoisotopic (exact) mass is 260 g/mol. The van der Waals surface area contributed by atoms with Gasteiger partial charge in [-0.25, -0.2) is 4.98 Å². The molecule has 0 radical (unpaired) electrons. The van der Waals surface area contributed by atoms with Gasteiger partial charge in [0.1, 0.15) is 12.2 Å². The zero-order chi connectivity index (χ0) is 12.9. The first-order valence-electron chi connectivity index (χ1n) is 7.81. The second-order valence-electron chi connectivity index (χ2n) is 7.07. The Balaban J connectivity index is 1.55. The molecule has 0 spiro atoms. The fourth-order valence-corrected chi connectivity index (χ4v) is 4.48. The van der Waals surface area contributed by atoms with Gasteiger partial charge in [0.05, 0.1) is 0 Å². The van der Waals surface area contributed by atoms with Crippen LogP contribution >= 0.6 is 0 Å². The van der Waals surface area contributed by atoms with Crippen molar-refractivity contribution in [3.05, 3.63) is 12.2 Å². The predicted molar refractivity (Wildman–Crippen MR) is 73.6 cm³/mol. The number of rotatable bonds is 5. The van der Waals surface area contributed by atoms with Crippen molar-refractivity contribution in [2.75, 3.05) is 6.54 Å². The number of aromatic nitrogens is 3. The molecule has 0 aliphatic heterocycles. The van der Waals surface area contributed by atoms with E-state index in [0.29, 0.717) is 5.41 Å². The lowest BCUT2D eigenvalue weighted by atomic mass is 9.70. The Labute approximate surface area is 115 Å². The standard InChI is InChI=1S/C15H24N4/c1-19-14(17-10-18-19)8-15(9-16-13-4-5-13)7-11-2-3-12(15)6-11/h10-13,16H,2-9H2,1H3. The number of aryl methyl sites for hydroxylation is 1. The first-order chi connectivity index (χ1) is 9.25. The minimum Gasteiger partial charge on any atom is -0.313 e. The molecule has 0 aromatic carbocycles. The zero-order valence-corrected chi connectivity index (χ0v) is 11.8. The van der Waals surface area contributed by atoms with E-state index in [-0.39, 0.29) is 0 Å². The van der Waals surface area contributed by atoms with Crippen LogP contribution in [0.4, 0.5) is 0 Å². The van der Waals surface area contributed by atoms with E-state index < -0.39 is 0 Å². The van der Waals surface area contributed by atoms with Gasteiger partial charge < -0.3 is 5.32 Å². The maximum absolute atomic E-state index is 4.47. The quantitative estimate of drug-likeness (QED) is 0.879. The third kappa shape index (κ3) is 2.10. The molecule has 4 heteroatoms. The summed E-state index contributed by atoms with van der Waals surface area (Å²) in [6.07, 6.45) is 11.4. The van der Waals surface area contributed by atoms with Gasteiger partial charge in [0, 0.05) is 26.1 Å². The van der Waals surface area contributed by atoms with Gasteiger partial charge in [-0.3, -0.25) is 4.68 Å². The van der Waals surface area contributed by atoms with Crippen molar-refractivity contribution in [2.45, 2.75) is 51.0 Å². The summed E-state index contributed by atoms with van der Waals surface area (Å²) in [6.45, 7) is 1.20. The molecule has 1 aromatic rings. The predicted octanol–water partition coefficient (Wildman–Crippen LogP) is 1.92. The molecule has 1 heterocycles. The van der Waals surface area contributed by atoms with E-state index in [2.05, 4.69) is 15.4 Å². The van der Waals surface area contributed by atoms with Gasteiger partial charge in [0.15, 0.2) is 0 Å². The summed E-state index contributed by atoms with van der Waals surface area (Å²) in [4.78, 5) is 4.47. The number of hydrogen-bond acceptors (Lipinski definition) is 3. The Morgan fingerprint density at radius 1 is 1.37 bits per heavy atom. The maximum Gasteiger partial charge on any atom is 0.138 e. The summed E-state index contributed by atoms with van der Waals surface area (Å²) in [5.74, 6) is 3.07. The summed E-state index contributed by atoms with van der Waals surface area (Å²) in [5, 5.41) is 8.04. The van der Waals surface area contributed by atoms with Gasteiger partial charge in [-0.2, -0.15) is 5.10 Å². The van der Waals surface area contributed by atoms with Crippen LogP contribution in [0.5, 0.6) is 0 Å². The second kappa shape index (κ2) is 4.30. The number of nitrogens with zero attached hydrogens (tertiary/aromatic N) is 3. The molecule has 4 rings (SSSR count). The largest absolute Gasteiger partial charge is 0.313 e. The maximum atomic E-state index is 4.47. The highest BCUT2D eigenvalue weighted by Gasteiger charge is 2.51. The lowest BCUT2D eigenvalue weighted by Gasteiger charge is -2.38. The molecule has 3 aliphatic rings. The van der Waals surface area contributed by atoms with Crippen LogP contribution in [-0.2, 0) is 13.5 Å². The average Bonchev–Trinajstić information content (AvgIpc) is 2.83. The lowest BCUT2D eigenvalue weighted by molar-refractivity contribution is 0.151. The summed E-state index contributed by atoms with van der Waals surface area (Å²) >= 11 is 0. The van der Waals surface area contributed by atoms with Gasteiger partial charge in [0.2, 0.25) is 0 Å². The van der Waals surface area contributed by atoms with E-state index >= 15 is 0 Å². The van der Waals surface area contributed by atoms with E-state index in [1.165, 1.54) is 50.9 Å². The van der Waals surface area contributed by atoms with E-state index in [4.69, 9.17) is 0 Å². The molecule has 1 aromatic heterocycles. The molecule has 3 fully saturated rings. The van der Waals surface area contributed by atoms with Crippen LogP contribution < -0.4 is 5.32 Å². The van der Waals surface area contributed by atoms with Crippen LogP contribution in [0, 0.1) is 17.3 Å². The topological polar surface area (TPSA) is 42.7 Å². The van der Waals surface area contributed by atoms with Gasteiger partial charge in [-0.15, -0.1) is 0 Å². The molecular formula is C15H24N4. The van der Waals surface area contributed by atoms with Crippen molar-refractivity contribution in [2.24, 2.45) is 24.3 Å². The van der Waals surface area contributed by atoms with Gasteiger partial charge in [0.25, 0.3) is 0 Å². The van der Waals surface area contributed by atoms with Crippen LogP contribution in [0.25, 0.3) is 0 Å². The smallest absolute Gasteiger partial charge is 0.138 e. The highest BCUT2D eigenvalue weighted by molar-refractivity contribution is 5.07. The molecule has 19 heavy (non-hydrogen) atoms. The fourth-order valence-electron chi connectivity index (χ4n) is 4.48. The third-order valence-corrected chi connectivity index (χ3v) is 5.74. The Morgan fingerprint density at radius 2 is 2.26 bits per heavy atom. The van der Waals surface area contributed by atoms with E-state index in [9.17, 15) is 0 Å². The molecule has 3 aliphatic carbocycles. The SMILES string of the molecule is Cn1ncnc1CC1(CNC2CC2)CC2CCC1C2. The van der Waals surface area contributed by atoms with Crippen LogP contribution in [-0.4, -0.2) is 27.4 Å². The van der Waals surface area contributed by atoms with Crippen molar-refractivity contribution in [3.63, 3.8) is 0 Å². The first kappa shape index (κ1) is 11.9. The molecule has 3 unspecified atom stereocenters. The molecule has 2 bridgehead atoms. The van der Waals surface area contributed by atoms with E-state index in [1.54, 1.807) is 6.33 Å². The highest BCUT2D eigenvalue weighted by atomic mass is 15.3. The average molecular weight is 260 g/mol. The van der Waals surface area contributed by atoms with Crippen molar-refractivity contribution < 1.29 is 0 Å². The number of nitrogens with one attached hydrogen (secondary N) is 1. The zero-order valence-electron chi connectivity index (χ0n) is 11.8. The van der Waals surface area contributed by atoms with Crippen LogP contribution in [0.3, 0.4) is 0 Å². The van der Waals surface area contributed by atoms with Gasteiger partial charge in [-0.1, -0.05) is 6.42 Å².